The van der Waals surface area contributed by atoms with Gasteiger partial charge in [-0.15, -0.1) is 0 Å². The molecule has 0 radical (unpaired) electrons. The molecule has 0 bridgehead atoms. The lowest BCUT2D eigenvalue weighted by atomic mass is 10.3. The van der Waals surface area contributed by atoms with Crippen molar-refractivity contribution in [1.29, 1.82) is 0 Å². The number of nitrogens with zero attached hydrogens (tertiary/aromatic N) is 3. The van der Waals surface area contributed by atoms with Crippen LogP contribution in [-0.2, 0) is 4.79 Å². The second-order valence-corrected chi connectivity index (χ2v) is 6.19. The van der Waals surface area contributed by atoms with Crippen molar-refractivity contribution in [3.05, 3.63) is 22.4 Å². The number of hydrogen-bond acceptors (Lipinski definition) is 2. The van der Waals surface area contributed by atoms with Gasteiger partial charge in [-0.25, -0.2) is 0 Å². The number of carbonyl (C=O) groups excluding carboxylic acids is 2. The van der Waals surface area contributed by atoms with Gasteiger partial charge < -0.3 is 14.4 Å². The normalized spacial score (nSPS) is 10.8. The van der Waals surface area contributed by atoms with Crippen molar-refractivity contribution in [2.45, 2.75) is 33.7 Å². The minimum absolute atomic E-state index is 0.0300. The molecule has 0 aliphatic rings. The van der Waals surface area contributed by atoms with Gasteiger partial charge in [-0.3, -0.25) is 9.59 Å². The van der Waals surface area contributed by atoms with Gasteiger partial charge in [0, 0.05) is 36.8 Å². The molecule has 2 amide bonds. The van der Waals surface area contributed by atoms with Crippen LogP contribution in [-0.4, -0.2) is 52.9 Å². The van der Waals surface area contributed by atoms with E-state index < -0.39 is 0 Å². The Kier molecular flexibility index (Phi) is 6.45. The second-order valence-electron chi connectivity index (χ2n) is 5.27. The SMILES string of the molecule is CCN(CC)C(=O)CN(C)C(=O)c1cc(Br)cn1C(C)C. The lowest BCUT2D eigenvalue weighted by molar-refractivity contribution is -0.131. The van der Waals surface area contributed by atoms with Gasteiger partial charge >= 0.3 is 0 Å². The zero-order valence-electron chi connectivity index (χ0n) is 13.4. The molecule has 0 aliphatic heterocycles. The van der Waals surface area contributed by atoms with E-state index >= 15 is 0 Å². The van der Waals surface area contributed by atoms with Gasteiger partial charge in [0.15, 0.2) is 0 Å². The lowest BCUT2D eigenvalue weighted by Gasteiger charge is -2.24. The summed E-state index contributed by atoms with van der Waals surface area (Å²) in [5, 5.41) is 0. The first-order valence-corrected chi connectivity index (χ1v) is 8.01. The van der Waals surface area contributed by atoms with E-state index in [2.05, 4.69) is 15.9 Å². The topological polar surface area (TPSA) is 45.6 Å². The van der Waals surface area contributed by atoms with Crippen LogP contribution in [0.5, 0.6) is 0 Å². The third-order valence-corrected chi connectivity index (χ3v) is 3.86. The minimum Gasteiger partial charge on any atom is -0.342 e. The quantitative estimate of drug-likeness (QED) is 0.785. The van der Waals surface area contributed by atoms with Gasteiger partial charge in [-0.2, -0.15) is 0 Å². The molecular formula is C15H24BrN3O2. The highest BCUT2D eigenvalue weighted by Gasteiger charge is 2.21. The average molecular weight is 358 g/mol. The summed E-state index contributed by atoms with van der Waals surface area (Å²) in [7, 11) is 1.66. The Balaban J connectivity index is 2.86. The predicted octanol–water partition coefficient (Wildman–Crippen LogP) is 2.77. The first-order chi connectivity index (χ1) is 9.81. The molecular weight excluding hydrogens is 334 g/mol. The van der Waals surface area contributed by atoms with Crippen LogP contribution in [0.3, 0.4) is 0 Å². The first kappa shape index (κ1) is 17.8. The Bertz CT molecular complexity index is 507. The number of hydrogen-bond donors (Lipinski definition) is 0. The largest absolute Gasteiger partial charge is 0.342 e. The maximum Gasteiger partial charge on any atom is 0.270 e. The fraction of sp³-hybridized carbons (Fsp3) is 0.600. The molecule has 1 aromatic heterocycles. The summed E-state index contributed by atoms with van der Waals surface area (Å²) < 4.78 is 2.77. The van der Waals surface area contributed by atoms with Crippen molar-refractivity contribution in [3.63, 3.8) is 0 Å². The summed E-state index contributed by atoms with van der Waals surface area (Å²) in [4.78, 5) is 27.8. The van der Waals surface area contributed by atoms with E-state index in [1.165, 1.54) is 4.90 Å². The maximum atomic E-state index is 12.5. The van der Waals surface area contributed by atoms with E-state index in [1.54, 1.807) is 18.0 Å². The average Bonchev–Trinajstić information content (AvgIpc) is 2.81. The van der Waals surface area contributed by atoms with Crippen LogP contribution in [0.15, 0.2) is 16.7 Å². The fourth-order valence-electron chi connectivity index (χ4n) is 2.19. The van der Waals surface area contributed by atoms with E-state index in [0.29, 0.717) is 18.8 Å². The van der Waals surface area contributed by atoms with E-state index in [-0.39, 0.29) is 24.4 Å². The smallest absolute Gasteiger partial charge is 0.270 e. The summed E-state index contributed by atoms with van der Waals surface area (Å²) in [6, 6.07) is 1.97. The Morgan fingerprint density at radius 2 is 1.86 bits per heavy atom. The Hall–Kier alpha value is -1.30. The lowest BCUT2D eigenvalue weighted by Crippen LogP contribution is -2.41. The molecule has 5 nitrogen and oxygen atoms in total. The molecule has 0 atom stereocenters. The summed E-state index contributed by atoms with van der Waals surface area (Å²) in [6.45, 7) is 9.32. The molecule has 21 heavy (non-hydrogen) atoms. The molecule has 0 aliphatic carbocycles. The van der Waals surface area contributed by atoms with E-state index in [0.717, 1.165) is 4.47 Å². The maximum absolute atomic E-state index is 12.5. The van der Waals surface area contributed by atoms with Crippen molar-refractivity contribution in [2.24, 2.45) is 0 Å². The minimum atomic E-state index is -0.144. The number of rotatable bonds is 6. The van der Waals surface area contributed by atoms with Gasteiger partial charge in [0.1, 0.15) is 5.69 Å². The highest BCUT2D eigenvalue weighted by Crippen LogP contribution is 2.20. The second kappa shape index (κ2) is 7.64. The fourth-order valence-corrected chi connectivity index (χ4v) is 2.63. The van der Waals surface area contributed by atoms with Crippen LogP contribution in [0.4, 0.5) is 0 Å². The van der Waals surface area contributed by atoms with Gasteiger partial charge in [0.25, 0.3) is 5.91 Å². The van der Waals surface area contributed by atoms with Crippen molar-refractivity contribution in [3.8, 4) is 0 Å². The molecule has 0 saturated heterocycles. The van der Waals surface area contributed by atoms with Crippen molar-refractivity contribution in [2.75, 3.05) is 26.7 Å². The molecule has 0 spiro atoms. The summed E-state index contributed by atoms with van der Waals surface area (Å²) in [5.74, 6) is -0.174. The zero-order valence-corrected chi connectivity index (χ0v) is 15.0. The molecule has 0 unspecified atom stereocenters. The highest BCUT2D eigenvalue weighted by atomic mass is 79.9. The van der Waals surface area contributed by atoms with Crippen LogP contribution in [0, 0.1) is 0 Å². The summed E-state index contributed by atoms with van der Waals surface area (Å²) in [6.07, 6.45) is 1.89. The molecule has 1 heterocycles. The number of amides is 2. The predicted molar refractivity (Wildman–Crippen MR) is 87.4 cm³/mol. The summed E-state index contributed by atoms with van der Waals surface area (Å²) in [5.41, 5.74) is 0.590. The van der Waals surface area contributed by atoms with Gasteiger partial charge in [0.2, 0.25) is 5.91 Å². The van der Waals surface area contributed by atoms with E-state index in [1.807, 2.05) is 38.5 Å². The Morgan fingerprint density at radius 1 is 1.29 bits per heavy atom. The number of likely N-dealkylation sites (N-methyl/N-ethyl adjacent to an activating group) is 2. The molecule has 1 rings (SSSR count). The monoisotopic (exact) mass is 357 g/mol. The molecule has 6 heteroatoms. The number of halogens is 1. The van der Waals surface area contributed by atoms with Gasteiger partial charge in [0.05, 0.1) is 6.54 Å². The van der Waals surface area contributed by atoms with Crippen molar-refractivity contribution in [1.82, 2.24) is 14.4 Å². The number of aromatic nitrogens is 1. The summed E-state index contributed by atoms with van der Waals surface area (Å²) >= 11 is 3.40. The van der Waals surface area contributed by atoms with Crippen LogP contribution >= 0.6 is 15.9 Å². The van der Waals surface area contributed by atoms with Crippen molar-refractivity contribution < 1.29 is 9.59 Å². The van der Waals surface area contributed by atoms with E-state index in [9.17, 15) is 9.59 Å². The molecule has 0 N–H and O–H groups in total. The number of carbonyl (C=O) groups is 2. The van der Waals surface area contributed by atoms with Crippen LogP contribution in [0.2, 0.25) is 0 Å². The van der Waals surface area contributed by atoms with Crippen molar-refractivity contribution >= 4 is 27.7 Å². The standard InChI is InChI=1S/C15H24BrN3O2/c1-6-18(7-2)14(20)10-17(5)15(21)13-8-12(16)9-19(13)11(3)4/h8-9,11H,6-7,10H2,1-5H3. The Morgan fingerprint density at radius 3 is 2.33 bits per heavy atom. The van der Waals surface area contributed by atoms with Gasteiger partial charge in [-0.1, -0.05) is 0 Å². The van der Waals surface area contributed by atoms with E-state index in [4.69, 9.17) is 0 Å². The molecule has 0 fully saturated rings. The van der Waals surface area contributed by atoms with Crippen LogP contribution < -0.4 is 0 Å². The zero-order chi connectivity index (χ0) is 16.2. The highest BCUT2D eigenvalue weighted by molar-refractivity contribution is 9.10. The molecule has 118 valence electrons. The third-order valence-electron chi connectivity index (χ3n) is 3.43. The molecule has 0 saturated carbocycles. The third kappa shape index (κ3) is 4.33. The first-order valence-electron chi connectivity index (χ1n) is 7.22. The van der Waals surface area contributed by atoms with Gasteiger partial charge in [-0.05, 0) is 49.7 Å². The van der Waals surface area contributed by atoms with Crippen LogP contribution in [0.1, 0.15) is 44.2 Å². The molecule has 0 aromatic carbocycles. The van der Waals surface area contributed by atoms with Crippen LogP contribution in [0.25, 0.3) is 0 Å². The Labute approximate surface area is 135 Å². The molecule has 1 aromatic rings.